The fourth-order valence-electron chi connectivity index (χ4n) is 2.42. The molecule has 3 aromatic rings. The maximum atomic E-state index is 12.1. The number of para-hydroxylation sites is 1. The molecule has 0 aliphatic heterocycles. The summed E-state index contributed by atoms with van der Waals surface area (Å²) in [5.74, 6) is 1.02. The summed E-state index contributed by atoms with van der Waals surface area (Å²) in [6.45, 7) is 1.24. The lowest BCUT2D eigenvalue weighted by molar-refractivity contribution is -0.118. The first kappa shape index (κ1) is 18.5. The molecule has 1 aromatic carbocycles. The first-order valence-electron chi connectivity index (χ1n) is 8.18. The molecule has 8 heteroatoms. The van der Waals surface area contributed by atoms with Gasteiger partial charge in [-0.25, -0.2) is 0 Å². The van der Waals surface area contributed by atoms with E-state index in [1.54, 1.807) is 24.8 Å². The molecule has 1 amide bonds. The van der Waals surface area contributed by atoms with Gasteiger partial charge in [-0.05, 0) is 23.9 Å². The molecule has 0 fully saturated rings. The molecule has 0 saturated carbocycles. The van der Waals surface area contributed by atoms with Crippen molar-refractivity contribution in [1.82, 2.24) is 20.1 Å². The molecule has 6 nitrogen and oxygen atoms in total. The van der Waals surface area contributed by atoms with Crippen molar-refractivity contribution >= 4 is 29.0 Å². The van der Waals surface area contributed by atoms with Crippen LogP contribution in [0.15, 0.2) is 53.3 Å². The van der Waals surface area contributed by atoms with E-state index in [-0.39, 0.29) is 5.91 Å². The van der Waals surface area contributed by atoms with E-state index >= 15 is 0 Å². The minimum Gasteiger partial charge on any atom is -0.496 e. The van der Waals surface area contributed by atoms with Gasteiger partial charge in [0, 0.05) is 23.5 Å². The van der Waals surface area contributed by atoms with Crippen LogP contribution < -0.4 is 10.1 Å². The van der Waals surface area contributed by atoms with Crippen molar-refractivity contribution in [3.63, 3.8) is 0 Å². The van der Waals surface area contributed by atoms with Gasteiger partial charge in [-0.15, -0.1) is 21.5 Å². The molecule has 0 aliphatic rings. The van der Waals surface area contributed by atoms with Crippen LogP contribution in [0.5, 0.6) is 5.75 Å². The molecular weight excluding hydrogens is 368 g/mol. The third-order valence-electron chi connectivity index (χ3n) is 3.76. The number of carbonyl (C=O) groups excluding carboxylic acids is 1. The SMILES string of the molecule is COc1ccccc1CNC(=O)CSc1nncn1CCc1cccs1. The standard InChI is InChI=1S/C18H20N4O2S2/c1-24-16-7-3-2-5-14(16)11-19-17(23)12-26-18-21-20-13-22(18)9-8-15-6-4-10-25-15/h2-7,10,13H,8-9,11-12H2,1H3,(H,19,23). The van der Waals surface area contributed by atoms with Crippen molar-refractivity contribution in [2.24, 2.45) is 0 Å². The van der Waals surface area contributed by atoms with Crippen molar-refractivity contribution in [2.45, 2.75) is 24.7 Å². The second kappa shape index (κ2) is 9.40. The number of nitrogens with one attached hydrogen (secondary N) is 1. The Balaban J connectivity index is 1.46. The fraction of sp³-hybridized carbons (Fsp3) is 0.278. The average Bonchev–Trinajstić information content (AvgIpc) is 3.34. The van der Waals surface area contributed by atoms with Crippen LogP contribution in [0.2, 0.25) is 0 Å². The second-order valence-electron chi connectivity index (χ2n) is 5.51. The number of benzene rings is 1. The second-order valence-corrected chi connectivity index (χ2v) is 7.49. The smallest absolute Gasteiger partial charge is 0.230 e. The van der Waals surface area contributed by atoms with Crippen molar-refractivity contribution in [1.29, 1.82) is 0 Å². The van der Waals surface area contributed by atoms with Gasteiger partial charge < -0.3 is 14.6 Å². The molecule has 2 heterocycles. The largest absolute Gasteiger partial charge is 0.496 e. The molecule has 0 aliphatic carbocycles. The van der Waals surface area contributed by atoms with Gasteiger partial charge in [-0.1, -0.05) is 36.0 Å². The van der Waals surface area contributed by atoms with Gasteiger partial charge in [0.25, 0.3) is 0 Å². The third kappa shape index (κ3) is 5.09. The molecular formula is C18H20N4O2S2. The lowest BCUT2D eigenvalue weighted by atomic mass is 10.2. The summed E-state index contributed by atoms with van der Waals surface area (Å²) in [5, 5.41) is 13.8. The van der Waals surface area contributed by atoms with Crippen LogP contribution in [-0.4, -0.2) is 33.5 Å². The zero-order valence-corrected chi connectivity index (χ0v) is 16.1. The van der Waals surface area contributed by atoms with E-state index < -0.39 is 0 Å². The lowest BCUT2D eigenvalue weighted by Gasteiger charge is -2.09. The number of nitrogens with zero attached hydrogens (tertiary/aromatic N) is 3. The van der Waals surface area contributed by atoms with Gasteiger partial charge in [0.2, 0.25) is 5.91 Å². The Kier molecular flexibility index (Phi) is 6.68. The zero-order chi connectivity index (χ0) is 18.2. The van der Waals surface area contributed by atoms with Crippen molar-refractivity contribution in [3.05, 3.63) is 58.5 Å². The van der Waals surface area contributed by atoms with Gasteiger partial charge >= 0.3 is 0 Å². The van der Waals surface area contributed by atoms with E-state index in [1.165, 1.54) is 16.6 Å². The van der Waals surface area contributed by atoms with Gasteiger partial charge in [-0.2, -0.15) is 0 Å². The van der Waals surface area contributed by atoms with Crippen LogP contribution in [0.25, 0.3) is 0 Å². The summed E-state index contributed by atoms with van der Waals surface area (Å²) >= 11 is 3.13. The van der Waals surface area contributed by atoms with Crippen LogP contribution >= 0.6 is 23.1 Å². The normalized spacial score (nSPS) is 10.7. The molecule has 0 spiro atoms. The van der Waals surface area contributed by atoms with Crippen LogP contribution in [0.3, 0.4) is 0 Å². The number of aromatic nitrogens is 3. The molecule has 1 N–H and O–H groups in total. The number of thioether (sulfide) groups is 1. The first-order valence-corrected chi connectivity index (χ1v) is 10.0. The maximum Gasteiger partial charge on any atom is 0.230 e. The predicted octanol–water partition coefficient (Wildman–Crippen LogP) is 3.00. The molecule has 2 aromatic heterocycles. The van der Waals surface area contributed by atoms with E-state index in [1.807, 2.05) is 34.9 Å². The quantitative estimate of drug-likeness (QED) is 0.571. The van der Waals surface area contributed by atoms with Crippen LogP contribution in [0, 0.1) is 0 Å². The minimum atomic E-state index is -0.0475. The first-order chi connectivity index (χ1) is 12.8. The van der Waals surface area contributed by atoms with E-state index in [4.69, 9.17) is 4.74 Å². The average molecular weight is 389 g/mol. The Bertz CT molecular complexity index is 833. The summed E-state index contributed by atoms with van der Waals surface area (Å²) in [4.78, 5) is 13.5. The van der Waals surface area contributed by atoms with E-state index in [0.717, 1.165) is 29.4 Å². The van der Waals surface area contributed by atoms with E-state index in [2.05, 4.69) is 27.0 Å². The van der Waals surface area contributed by atoms with Gasteiger partial charge in [-0.3, -0.25) is 4.79 Å². The Morgan fingerprint density at radius 1 is 1.31 bits per heavy atom. The highest BCUT2D eigenvalue weighted by molar-refractivity contribution is 7.99. The highest BCUT2D eigenvalue weighted by Gasteiger charge is 2.10. The molecule has 0 unspecified atom stereocenters. The van der Waals surface area contributed by atoms with Crippen LogP contribution in [0.4, 0.5) is 0 Å². The Morgan fingerprint density at radius 2 is 2.19 bits per heavy atom. The summed E-state index contributed by atoms with van der Waals surface area (Å²) in [5.41, 5.74) is 0.951. The molecule has 0 saturated heterocycles. The van der Waals surface area contributed by atoms with Crippen molar-refractivity contribution in [2.75, 3.05) is 12.9 Å². The molecule has 0 bridgehead atoms. The minimum absolute atomic E-state index is 0.0475. The summed E-state index contributed by atoms with van der Waals surface area (Å²) < 4.78 is 7.28. The number of carbonyl (C=O) groups is 1. The molecule has 0 radical (unpaired) electrons. The monoisotopic (exact) mass is 388 g/mol. The molecule has 3 rings (SSSR count). The lowest BCUT2D eigenvalue weighted by Crippen LogP contribution is -2.25. The number of aryl methyl sites for hydroxylation is 2. The van der Waals surface area contributed by atoms with Crippen molar-refractivity contribution < 1.29 is 9.53 Å². The molecule has 0 atom stereocenters. The number of rotatable bonds is 9. The van der Waals surface area contributed by atoms with Crippen LogP contribution in [-0.2, 0) is 24.3 Å². The number of methoxy groups -OCH3 is 1. The Labute approximate surface area is 160 Å². The van der Waals surface area contributed by atoms with E-state index in [0.29, 0.717) is 12.3 Å². The number of ether oxygens (including phenoxy) is 1. The molecule has 26 heavy (non-hydrogen) atoms. The number of thiophene rings is 1. The van der Waals surface area contributed by atoms with Gasteiger partial charge in [0.05, 0.1) is 12.9 Å². The third-order valence-corrected chi connectivity index (χ3v) is 5.68. The van der Waals surface area contributed by atoms with Gasteiger partial charge in [0.15, 0.2) is 5.16 Å². The maximum absolute atomic E-state index is 12.1. The van der Waals surface area contributed by atoms with Crippen molar-refractivity contribution in [3.8, 4) is 5.75 Å². The summed E-state index contributed by atoms with van der Waals surface area (Å²) in [7, 11) is 1.62. The molecule has 136 valence electrons. The number of amides is 1. The number of hydrogen-bond acceptors (Lipinski definition) is 6. The van der Waals surface area contributed by atoms with Crippen LogP contribution in [0.1, 0.15) is 10.4 Å². The Hall–Kier alpha value is -2.32. The summed E-state index contributed by atoms with van der Waals surface area (Å²) in [6, 6.07) is 11.8. The fourth-order valence-corrected chi connectivity index (χ4v) is 3.89. The highest BCUT2D eigenvalue weighted by atomic mass is 32.2. The number of hydrogen-bond donors (Lipinski definition) is 1. The van der Waals surface area contributed by atoms with Gasteiger partial charge in [0.1, 0.15) is 12.1 Å². The highest BCUT2D eigenvalue weighted by Crippen LogP contribution is 2.18. The Morgan fingerprint density at radius 3 is 3.00 bits per heavy atom. The zero-order valence-electron chi connectivity index (χ0n) is 14.4. The topological polar surface area (TPSA) is 69.0 Å². The van der Waals surface area contributed by atoms with E-state index in [9.17, 15) is 4.79 Å². The summed E-state index contributed by atoms with van der Waals surface area (Å²) in [6.07, 6.45) is 2.64. The predicted molar refractivity (Wildman–Crippen MR) is 104 cm³/mol.